The smallest absolute Gasteiger partial charge is 0.380 e. The van der Waals surface area contributed by atoms with E-state index in [0.717, 1.165) is 4.57 Å². The van der Waals surface area contributed by atoms with Gasteiger partial charge in [0, 0.05) is 11.6 Å². The van der Waals surface area contributed by atoms with Crippen LogP contribution in [0.5, 0.6) is 5.75 Å². The SMILES string of the molecule is [2H]C([2H])(O[P@@](=O)(C[C@@H](C)C(=O)OC(C)C)Oc1ccccc1)[C@H]1O[C@@H](n2ccc(N)nc2=O)C(Cl)(C#CCl)[C@H]1O. The molecule has 1 unspecified atom stereocenters. The van der Waals surface area contributed by atoms with Crippen molar-refractivity contribution in [3.05, 3.63) is 53.1 Å². The Labute approximate surface area is 232 Å². The predicted molar refractivity (Wildman–Crippen MR) is 141 cm³/mol. The van der Waals surface area contributed by atoms with Gasteiger partial charge in [0.2, 0.25) is 0 Å². The van der Waals surface area contributed by atoms with Gasteiger partial charge in [0.15, 0.2) is 11.1 Å². The van der Waals surface area contributed by atoms with Crippen LogP contribution in [0.4, 0.5) is 5.82 Å². The van der Waals surface area contributed by atoms with Gasteiger partial charge < -0.3 is 24.8 Å². The average molecular weight is 590 g/mol. The number of ether oxygens (including phenoxy) is 2. The number of nitrogen functional groups attached to an aromatic ring is 1. The summed E-state index contributed by atoms with van der Waals surface area (Å²) in [5, 5.41) is 13.1. The van der Waals surface area contributed by atoms with Gasteiger partial charge >= 0.3 is 19.3 Å². The summed E-state index contributed by atoms with van der Waals surface area (Å²) >= 11 is 12.1. The van der Waals surface area contributed by atoms with Crippen molar-refractivity contribution in [2.24, 2.45) is 5.92 Å². The highest BCUT2D eigenvalue weighted by Gasteiger charge is 2.56. The molecule has 0 aliphatic carbocycles. The first-order chi connectivity index (χ1) is 18.6. The summed E-state index contributed by atoms with van der Waals surface area (Å²) in [7, 11) is -4.53. The van der Waals surface area contributed by atoms with E-state index in [1.165, 1.54) is 31.3 Å². The summed E-state index contributed by atoms with van der Waals surface area (Å²) in [5.74, 6) is 0.546. The van der Waals surface area contributed by atoms with Crippen LogP contribution in [0.15, 0.2) is 47.4 Å². The highest BCUT2D eigenvalue weighted by atomic mass is 35.5. The fraction of sp³-hybridized carbons (Fsp3) is 0.458. The van der Waals surface area contributed by atoms with Gasteiger partial charge in [0.25, 0.3) is 0 Å². The molecule has 1 aliphatic heterocycles. The Hall–Kier alpha value is -2.58. The Kier molecular flexibility index (Phi) is 8.89. The third kappa shape index (κ3) is 7.08. The molecule has 11 nitrogen and oxygen atoms in total. The third-order valence-corrected chi connectivity index (χ3v) is 7.71. The number of esters is 1. The molecule has 1 aromatic heterocycles. The van der Waals surface area contributed by atoms with E-state index in [9.17, 15) is 19.3 Å². The number of rotatable bonds is 10. The van der Waals surface area contributed by atoms with Gasteiger partial charge in [-0.1, -0.05) is 42.6 Å². The zero-order valence-electron chi connectivity index (χ0n) is 22.6. The van der Waals surface area contributed by atoms with E-state index in [0.29, 0.717) is 0 Å². The number of anilines is 1. The van der Waals surface area contributed by atoms with Crippen LogP contribution < -0.4 is 15.9 Å². The molecule has 2 aromatic rings. The zero-order chi connectivity index (χ0) is 29.9. The van der Waals surface area contributed by atoms with Gasteiger partial charge in [-0.05, 0) is 43.6 Å². The molecule has 0 amide bonds. The van der Waals surface area contributed by atoms with Crippen LogP contribution in [0.2, 0.25) is 0 Å². The first-order valence-electron chi connectivity index (χ1n) is 12.4. The normalized spacial score (nSPS) is 26.3. The molecule has 14 heteroatoms. The van der Waals surface area contributed by atoms with Crippen LogP contribution in [0, 0.1) is 17.2 Å². The number of halogens is 2. The number of hydrogen-bond donors (Lipinski definition) is 2. The minimum absolute atomic E-state index is 0.0658. The summed E-state index contributed by atoms with van der Waals surface area (Å²) in [4.78, 5) is 26.4. The maximum atomic E-state index is 14.0. The van der Waals surface area contributed by atoms with Crippen molar-refractivity contribution in [3.8, 4) is 17.0 Å². The number of carbonyl (C=O) groups excluding carboxylic acids is 1. The quantitative estimate of drug-likeness (QED) is 0.183. The topological polar surface area (TPSA) is 152 Å². The van der Waals surface area contributed by atoms with E-state index in [4.69, 9.17) is 50.2 Å². The largest absolute Gasteiger partial charge is 0.463 e. The van der Waals surface area contributed by atoms with Crippen molar-refractivity contribution in [2.45, 2.75) is 50.2 Å². The number of aliphatic hydroxyl groups is 1. The molecule has 1 aliphatic rings. The molecule has 3 rings (SSSR count). The van der Waals surface area contributed by atoms with E-state index in [2.05, 4.69) is 10.9 Å². The van der Waals surface area contributed by atoms with Crippen LogP contribution in [-0.2, 0) is 23.4 Å². The minimum Gasteiger partial charge on any atom is -0.463 e. The fourth-order valence-corrected chi connectivity index (χ4v) is 5.71. The van der Waals surface area contributed by atoms with Crippen molar-refractivity contribution in [1.82, 2.24) is 9.55 Å². The van der Waals surface area contributed by atoms with Gasteiger partial charge in [-0.15, -0.1) is 0 Å². The predicted octanol–water partition coefficient (Wildman–Crippen LogP) is 3.14. The second-order valence-electron chi connectivity index (χ2n) is 8.68. The molecule has 1 fully saturated rings. The Morgan fingerprint density at radius 1 is 1.37 bits per heavy atom. The number of aromatic nitrogens is 2. The lowest BCUT2D eigenvalue weighted by Crippen LogP contribution is -2.43. The lowest BCUT2D eigenvalue weighted by molar-refractivity contribution is -0.151. The molecule has 0 radical (unpaired) electrons. The number of aliphatic hydroxyl groups excluding tert-OH is 1. The summed E-state index contributed by atoms with van der Waals surface area (Å²) in [6, 6.07) is 9.02. The Morgan fingerprint density at radius 2 is 2.05 bits per heavy atom. The maximum Gasteiger partial charge on any atom is 0.380 e. The number of benzene rings is 1. The van der Waals surface area contributed by atoms with E-state index < -0.39 is 67.3 Å². The minimum atomic E-state index is -4.53. The van der Waals surface area contributed by atoms with Gasteiger partial charge in [-0.3, -0.25) is 13.9 Å². The van der Waals surface area contributed by atoms with E-state index in [1.807, 2.05) is 5.38 Å². The van der Waals surface area contributed by atoms with Crippen molar-refractivity contribution in [2.75, 3.05) is 18.5 Å². The first-order valence-corrected chi connectivity index (χ1v) is 13.8. The number of nitrogens with two attached hydrogens (primary N) is 1. The standard InChI is InChI=1S/C24H28Cl2N3O8P/c1-15(2)35-21(31)16(3)14-38(33,37-17-7-5-4-6-8-17)34-13-18-20(30)24(26,10-11-25)22(36-18)29-12-9-19(27)28-23(29)32/h4-9,12,15-16,18,20,22,30H,13-14H2,1-3H3,(H2,27,28,32)/t16-,18-,20+,22-,24?,38+/m1/s1/i13D2. The van der Waals surface area contributed by atoms with Crippen LogP contribution >= 0.6 is 30.8 Å². The Bertz CT molecular complexity index is 1390. The summed E-state index contributed by atoms with van der Waals surface area (Å²) < 4.78 is 53.9. The Morgan fingerprint density at radius 3 is 2.66 bits per heavy atom. The van der Waals surface area contributed by atoms with E-state index >= 15 is 0 Å². The highest BCUT2D eigenvalue weighted by Crippen LogP contribution is 2.51. The second-order valence-corrected chi connectivity index (χ2v) is 11.4. The van der Waals surface area contributed by atoms with Crippen LogP contribution in [0.1, 0.15) is 29.7 Å². The van der Waals surface area contributed by atoms with Crippen molar-refractivity contribution < 1.29 is 35.7 Å². The van der Waals surface area contributed by atoms with Gasteiger partial charge in [0.05, 0.1) is 27.5 Å². The lowest BCUT2D eigenvalue weighted by atomic mass is 9.99. The van der Waals surface area contributed by atoms with Gasteiger partial charge in [-0.2, -0.15) is 4.98 Å². The van der Waals surface area contributed by atoms with Gasteiger partial charge in [0.1, 0.15) is 23.8 Å². The number of carbonyl (C=O) groups is 1. The lowest BCUT2D eigenvalue weighted by Gasteiger charge is -2.25. The molecule has 206 valence electrons. The fourth-order valence-electron chi connectivity index (χ4n) is 3.48. The first kappa shape index (κ1) is 27.0. The third-order valence-electron chi connectivity index (χ3n) is 5.24. The van der Waals surface area contributed by atoms with Crippen LogP contribution in [0.25, 0.3) is 0 Å². The molecule has 1 aromatic carbocycles. The van der Waals surface area contributed by atoms with Crippen molar-refractivity contribution >= 4 is 42.6 Å². The maximum absolute atomic E-state index is 14.0. The Balaban J connectivity index is 1.99. The average Bonchev–Trinajstić information content (AvgIpc) is 3.10. The summed E-state index contributed by atoms with van der Waals surface area (Å²) in [6.45, 7) is 1.61. The van der Waals surface area contributed by atoms with Crippen LogP contribution in [-0.4, -0.2) is 56.5 Å². The van der Waals surface area contributed by atoms with Crippen LogP contribution in [0.3, 0.4) is 0 Å². The second kappa shape index (κ2) is 12.5. The summed E-state index contributed by atoms with van der Waals surface area (Å²) in [5.41, 5.74) is 4.61. The molecular formula is C24H28Cl2N3O8P. The van der Waals surface area contributed by atoms with Crippen molar-refractivity contribution in [1.29, 1.82) is 0 Å². The number of hydrogen-bond acceptors (Lipinski definition) is 10. The molecule has 0 bridgehead atoms. The molecule has 6 atom stereocenters. The molecule has 38 heavy (non-hydrogen) atoms. The molecule has 3 N–H and O–H groups in total. The molecular weight excluding hydrogens is 560 g/mol. The van der Waals surface area contributed by atoms with E-state index in [1.54, 1.807) is 32.0 Å². The number of para-hydroxylation sites is 1. The van der Waals surface area contributed by atoms with Crippen molar-refractivity contribution in [3.63, 3.8) is 0 Å². The summed E-state index contributed by atoms with van der Waals surface area (Å²) in [6.07, 6.45) is -5.48. The zero-order valence-corrected chi connectivity index (χ0v) is 23.0. The van der Waals surface area contributed by atoms with E-state index in [-0.39, 0.29) is 11.6 Å². The monoisotopic (exact) mass is 589 g/mol. The molecule has 1 saturated heterocycles. The number of nitrogens with zero attached hydrogens (tertiary/aromatic N) is 2. The van der Waals surface area contributed by atoms with Gasteiger partial charge in [-0.25, -0.2) is 9.36 Å². The molecule has 0 spiro atoms. The molecule has 2 heterocycles. The highest BCUT2D eigenvalue weighted by molar-refractivity contribution is 7.54. The number of alkyl halides is 1. The molecule has 0 saturated carbocycles.